The van der Waals surface area contributed by atoms with Crippen molar-refractivity contribution in [1.82, 2.24) is 9.78 Å². The highest BCUT2D eigenvalue weighted by Crippen LogP contribution is 2.29. The first-order chi connectivity index (χ1) is 9.56. The number of furan rings is 1. The Kier molecular flexibility index (Phi) is 3.28. The second-order valence-electron chi connectivity index (χ2n) is 4.88. The number of para-hydroxylation sites is 1. The molecule has 104 valence electrons. The average Bonchev–Trinajstić information content (AvgIpc) is 2.95. The Morgan fingerprint density at radius 3 is 2.80 bits per heavy atom. The Morgan fingerprint density at radius 1 is 1.40 bits per heavy atom. The van der Waals surface area contributed by atoms with Crippen LogP contribution in [0.3, 0.4) is 0 Å². The average molecular weight is 291 g/mol. The third kappa shape index (κ3) is 2.21. The van der Waals surface area contributed by atoms with Gasteiger partial charge in [-0.15, -0.1) is 0 Å². The lowest BCUT2D eigenvalue weighted by Crippen LogP contribution is -2.01. The predicted molar refractivity (Wildman–Crippen MR) is 77.8 cm³/mol. The molecule has 0 bridgehead atoms. The van der Waals surface area contributed by atoms with Crippen molar-refractivity contribution < 1.29 is 9.52 Å². The topological polar surface area (TPSA) is 51.2 Å². The molecular weight excluding hydrogens is 276 g/mol. The Bertz CT molecular complexity index is 727. The van der Waals surface area contributed by atoms with Crippen LogP contribution in [0.25, 0.3) is 11.0 Å². The molecule has 0 saturated heterocycles. The Balaban J connectivity index is 1.90. The van der Waals surface area contributed by atoms with Crippen molar-refractivity contribution in [2.75, 3.05) is 0 Å². The number of aliphatic hydroxyl groups is 1. The summed E-state index contributed by atoms with van der Waals surface area (Å²) in [5.74, 6) is 0.547. The van der Waals surface area contributed by atoms with Crippen LogP contribution < -0.4 is 0 Å². The van der Waals surface area contributed by atoms with Crippen LogP contribution in [0.2, 0.25) is 5.15 Å². The maximum atomic E-state index is 10.3. The molecule has 4 nitrogen and oxygen atoms in total. The second-order valence-corrected chi connectivity index (χ2v) is 5.24. The Labute approximate surface area is 121 Å². The normalized spacial score (nSPS) is 13.0. The number of aliphatic hydroxyl groups excluding tert-OH is 1. The van der Waals surface area contributed by atoms with Crippen LogP contribution in [0.4, 0.5) is 0 Å². The van der Waals surface area contributed by atoms with Crippen molar-refractivity contribution >= 4 is 22.6 Å². The van der Waals surface area contributed by atoms with Crippen molar-refractivity contribution in [2.24, 2.45) is 7.05 Å². The van der Waals surface area contributed by atoms with Gasteiger partial charge in [-0.05, 0) is 19.1 Å². The second kappa shape index (κ2) is 4.96. The van der Waals surface area contributed by atoms with Crippen molar-refractivity contribution in [2.45, 2.75) is 19.4 Å². The summed E-state index contributed by atoms with van der Waals surface area (Å²) in [4.78, 5) is 0. The molecule has 1 atom stereocenters. The van der Waals surface area contributed by atoms with Crippen LogP contribution in [0, 0.1) is 6.92 Å². The van der Waals surface area contributed by atoms with Crippen molar-refractivity contribution in [1.29, 1.82) is 0 Å². The third-order valence-electron chi connectivity index (χ3n) is 3.44. The van der Waals surface area contributed by atoms with Crippen LogP contribution in [-0.2, 0) is 13.5 Å². The van der Waals surface area contributed by atoms with Crippen LogP contribution in [0.15, 0.2) is 34.7 Å². The standard InChI is InChI=1S/C15H15ClN2O2/c1-9-11(15(16)18(2)17-9)8-12(19)14-7-10-5-3-4-6-13(10)20-14/h3-7,12,19H,8H2,1-2H3. The fourth-order valence-corrected chi connectivity index (χ4v) is 2.62. The van der Waals surface area contributed by atoms with Crippen molar-refractivity contribution in [3.05, 3.63) is 52.5 Å². The first-order valence-corrected chi connectivity index (χ1v) is 6.78. The van der Waals surface area contributed by atoms with E-state index in [0.29, 0.717) is 17.3 Å². The third-order valence-corrected chi connectivity index (χ3v) is 3.91. The minimum Gasteiger partial charge on any atom is -0.458 e. The number of hydrogen-bond donors (Lipinski definition) is 1. The molecule has 20 heavy (non-hydrogen) atoms. The van der Waals surface area contributed by atoms with E-state index in [1.165, 1.54) is 0 Å². The Hall–Kier alpha value is -1.78. The number of fused-ring (bicyclic) bond motifs is 1. The molecule has 0 aliphatic carbocycles. The fraction of sp³-hybridized carbons (Fsp3) is 0.267. The number of benzene rings is 1. The maximum absolute atomic E-state index is 10.3. The molecule has 0 amide bonds. The molecule has 0 aliphatic heterocycles. The van der Waals surface area contributed by atoms with Gasteiger partial charge >= 0.3 is 0 Å². The minimum absolute atomic E-state index is 0.387. The monoisotopic (exact) mass is 290 g/mol. The van der Waals surface area contributed by atoms with E-state index in [1.807, 2.05) is 37.3 Å². The van der Waals surface area contributed by atoms with Gasteiger partial charge in [0.1, 0.15) is 22.6 Å². The molecule has 0 saturated carbocycles. The zero-order valence-corrected chi connectivity index (χ0v) is 12.1. The summed E-state index contributed by atoms with van der Waals surface area (Å²) in [5, 5.41) is 16.1. The summed E-state index contributed by atoms with van der Waals surface area (Å²) in [6.45, 7) is 1.88. The molecule has 0 fully saturated rings. The van der Waals surface area contributed by atoms with E-state index in [9.17, 15) is 5.11 Å². The smallest absolute Gasteiger partial charge is 0.134 e. The van der Waals surface area contributed by atoms with Gasteiger partial charge in [-0.25, -0.2) is 0 Å². The molecule has 0 aliphatic rings. The summed E-state index contributed by atoms with van der Waals surface area (Å²) in [6.07, 6.45) is -0.346. The van der Waals surface area contributed by atoms with Gasteiger partial charge in [0, 0.05) is 24.4 Å². The lowest BCUT2D eigenvalue weighted by molar-refractivity contribution is 0.152. The van der Waals surface area contributed by atoms with Crippen molar-refractivity contribution in [3.8, 4) is 0 Å². The summed E-state index contributed by atoms with van der Waals surface area (Å²) in [7, 11) is 1.78. The highest BCUT2D eigenvalue weighted by Gasteiger charge is 2.19. The molecular formula is C15H15ClN2O2. The molecule has 1 N–H and O–H groups in total. The summed E-state index contributed by atoms with van der Waals surface area (Å²) in [6, 6.07) is 9.55. The van der Waals surface area contributed by atoms with E-state index in [2.05, 4.69) is 5.10 Å². The van der Waals surface area contributed by atoms with Gasteiger partial charge in [0.15, 0.2) is 0 Å². The largest absolute Gasteiger partial charge is 0.458 e. The highest BCUT2D eigenvalue weighted by atomic mass is 35.5. The van der Waals surface area contributed by atoms with Gasteiger partial charge in [0.25, 0.3) is 0 Å². The quantitative estimate of drug-likeness (QED) is 0.804. The van der Waals surface area contributed by atoms with Gasteiger partial charge < -0.3 is 9.52 Å². The van der Waals surface area contributed by atoms with Crippen LogP contribution in [0.1, 0.15) is 23.1 Å². The molecule has 1 unspecified atom stereocenters. The summed E-state index contributed by atoms with van der Waals surface area (Å²) < 4.78 is 7.28. The van der Waals surface area contributed by atoms with Crippen molar-refractivity contribution in [3.63, 3.8) is 0 Å². The van der Waals surface area contributed by atoms with Gasteiger partial charge in [-0.2, -0.15) is 5.10 Å². The van der Waals surface area contributed by atoms with E-state index >= 15 is 0 Å². The number of nitrogens with zero attached hydrogens (tertiary/aromatic N) is 2. The van der Waals surface area contributed by atoms with E-state index in [1.54, 1.807) is 11.7 Å². The zero-order valence-electron chi connectivity index (χ0n) is 11.3. The molecule has 0 radical (unpaired) electrons. The zero-order chi connectivity index (χ0) is 14.3. The van der Waals surface area contributed by atoms with E-state index in [4.69, 9.17) is 16.0 Å². The van der Waals surface area contributed by atoms with Gasteiger partial charge in [0.05, 0.1) is 5.69 Å². The minimum atomic E-state index is -0.734. The molecule has 2 aromatic heterocycles. The molecule has 5 heteroatoms. The SMILES string of the molecule is Cc1nn(C)c(Cl)c1CC(O)c1cc2ccccc2o1. The summed E-state index contributed by atoms with van der Waals surface area (Å²) in [5.41, 5.74) is 2.45. The number of hydrogen-bond acceptors (Lipinski definition) is 3. The number of aryl methyl sites for hydroxylation is 2. The molecule has 0 spiro atoms. The first-order valence-electron chi connectivity index (χ1n) is 6.41. The van der Waals surface area contributed by atoms with E-state index in [-0.39, 0.29) is 0 Å². The lowest BCUT2D eigenvalue weighted by Gasteiger charge is -2.07. The summed E-state index contributed by atoms with van der Waals surface area (Å²) >= 11 is 6.18. The van der Waals surface area contributed by atoms with E-state index < -0.39 is 6.10 Å². The molecule has 1 aromatic carbocycles. The molecule has 3 rings (SSSR count). The van der Waals surface area contributed by atoms with Crippen LogP contribution in [-0.4, -0.2) is 14.9 Å². The van der Waals surface area contributed by atoms with Gasteiger partial charge in [-0.1, -0.05) is 29.8 Å². The Morgan fingerprint density at radius 2 is 2.15 bits per heavy atom. The highest BCUT2D eigenvalue weighted by molar-refractivity contribution is 6.30. The van der Waals surface area contributed by atoms with Crippen LogP contribution in [0.5, 0.6) is 0 Å². The van der Waals surface area contributed by atoms with Gasteiger partial charge in [0.2, 0.25) is 0 Å². The lowest BCUT2D eigenvalue weighted by atomic mass is 10.1. The number of halogens is 1. The molecule has 3 aromatic rings. The first kappa shape index (κ1) is 13.2. The molecule has 2 heterocycles. The number of rotatable bonds is 3. The van der Waals surface area contributed by atoms with E-state index in [0.717, 1.165) is 22.2 Å². The predicted octanol–water partition coefficient (Wildman–Crippen LogP) is 3.40. The maximum Gasteiger partial charge on any atom is 0.134 e. The number of aromatic nitrogens is 2. The van der Waals surface area contributed by atoms with Gasteiger partial charge in [-0.3, -0.25) is 4.68 Å². The fourth-order valence-electron chi connectivity index (χ4n) is 2.37. The van der Waals surface area contributed by atoms with Crippen LogP contribution >= 0.6 is 11.6 Å².